The predicted octanol–water partition coefficient (Wildman–Crippen LogP) is 3.37. The molecule has 0 fully saturated rings. The largest absolute Gasteiger partial charge is 0.494 e. The molecule has 3 heteroatoms. The van der Waals surface area contributed by atoms with E-state index >= 15 is 0 Å². The second-order valence-corrected chi connectivity index (χ2v) is 5.03. The van der Waals surface area contributed by atoms with Crippen molar-refractivity contribution in [1.29, 1.82) is 0 Å². The lowest BCUT2D eigenvalue weighted by molar-refractivity contribution is 0.253. The van der Waals surface area contributed by atoms with Crippen LogP contribution in [0.2, 0.25) is 0 Å². The van der Waals surface area contributed by atoms with Gasteiger partial charge < -0.3 is 10.5 Å². The lowest BCUT2D eigenvalue weighted by Gasteiger charge is -2.23. The lowest BCUT2D eigenvalue weighted by Crippen LogP contribution is -2.26. The topological polar surface area (TPSA) is 35.2 Å². The van der Waals surface area contributed by atoms with E-state index in [0.717, 1.165) is 16.6 Å². The molecule has 0 saturated heterocycles. The van der Waals surface area contributed by atoms with Crippen molar-refractivity contribution in [1.82, 2.24) is 0 Å². The normalized spacial score (nSPS) is 14.2. The first-order valence-corrected chi connectivity index (χ1v) is 6.11. The van der Waals surface area contributed by atoms with Crippen LogP contribution in [-0.2, 0) is 0 Å². The molecular weight excluding hydrogens is 266 g/mol. The molecule has 0 bridgehead atoms. The van der Waals surface area contributed by atoms with Gasteiger partial charge in [0.25, 0.3) is 0 Å². The molecule has 0 radical (unpaired) electrons. The van der Waals surface area contributed by atoms with Crippen molar-refractivity contribution in [2.24, 2.45) is 11.1 Å². The fourth-order valence-corrected chi connectivity index (χ4v) is 1.48. The van der Waals surface area contributed by atoms with Gasteiger partial charge in [0, 0.05) is 16.4 Å². The molecular formula is C13H18BrNO. The van der Waals surface area contributed by atoms with Crippen LogP contribution in [-0.4, -0.2) is 13.2 Å². The summed E-state index contributed by atoms with van der Waals surface area (Å²) in [7, 11) is 0. The van der Waals surface area contributed by atoms with E-state index in [4.69, 9.17) is 10.5 Å². The van der Waals surface area contributed by atoms with Crippen molar-refractivity contribution < 1.29 is 4.74 Å². The van der Waals surface area contributed by atoms with Crippen LogP contribution in [0.5, 0.6) is 5.75 Å². The first-order valence-electron chi connectivity index (χ1n) is 5.32. The van der Waals surface area contributed by atoms with E-state index < -0.39 is 0 Å². The first-order chi connectivity index (χ1) is 7.59. The molecule has 88 valence electrons. The van der Waals surface area contributed by atoms with E-state index in [-0.39, 0.29) is 5.41 Å². The zero-order valence-electron chi connectivity index (χ0n) is 9.58. The van der Waals surface area contributed by atoms with Crippen LogP contribution in [0.15, 0.2) is 41.4 Å². The minimum atomic E-state index is -0.0324. The predicted molar refractivity (Wildman–Crippen MR) is 71.6 cm³/mol. The Hall–Kier alpha value is -0.800. The van der Waals surface area contributed by atoms with Crippen LogP contribution in [0, 0.1) is 5.41 Å². The molecule has 0 amide bonds. The Labute approximate surface area is 106 Å². The molecule has 16 heavy (non-hydrogen) atoms. The summed E-state index contributed by atoms with van der Waals surface area (Å²) < 4.78 is 6.69. The van der Waals surface area contributed by atoms with Gasteiger partial charge in [-0.05, 0) is 30.7 Å². The second kappa shape index (κ2) is 6.06. The van der Waals surface area contributed by atoms with Crippen molar-refractivity contribution in [3.8, 4) is 5.75 Å². The molecule has 0 saturated carbocycles. The van der Waals surface area contributed by atoms with Crippen molar-refractivity contribution in [2.45, 2.75) is 13.3 Å². The highest BCUT2D eigenvalue weighted by molar-refractivity contribution is 9.10. The van der Waals surface area contributed by atoms with Gasteiger partial charge in [-0.2, -0.15) is 0 Å². The Kier molecular flexibility index (Phi) is 5.03. The molecule has 0 heterocycles. The zero-order valence-corrected chi connectivity index (χ0v) is 11.2. The molecule has 2 N–H and O–H groups in total. The molecule has 0 aliphatic carbocycles. The Bertz CT molecular complexity index is 336. The van der Waals surface area contributed by atoms with Crippen LogP contribution in [0.3, 0.4) is 0 Å². The third-order valence-electron chi connectivity index (χ3n) is 2.71. The number of rotatable bonds is 6. The molecule has 1 unspecified atom stereocenters. The average molecular weight is 284 g/mol. The van der Waals surface area contributed by atoms with E-state index in [0.29, 0.717) is 13.2 Å². The summed E-state index contributed by atoms with van der Waals surface area (Å²) in [4.78, 5) is 0. The highest BCUT2D eigenvalue weighted by Crippen LogP contribution is 2.22. The standard InChI is InChI=1S/C13H18BrNO/c1-3-13(2,10-15)8-9-16-12-6-4-11(14)5-7-12/h3-7H,1,8-10,15H2,2H3. The van der Waals surface area contributed by atoms with Crippen molar-refractivity contribution in [3.63, 3.8) is 0 Å². The molecule has 2 nitrogen and oxygen atoms in total. The third-order valence-corrected chi connectivity index (χ3v) is 3.24. The summed E-state index contributed by atoms with van der Waals surface area (Å²) in [6, 6.07) is 7.81. The third kappa shape index (κ3) is 3.99. The summed E-state index contributed by atoms with van der Waals surface area (Å²) in [5.74, 6) is 0.881. The van der Waals surface area contributed by atoms with E-state index in [1.807, 2.05) is 30.3 Å². The number of nitrogens with two attached hydrogens (primary N) is 1. The number of ether oxygens (including phenoxy) is 1. The Balaban J connectivity index is 2.41. The SMILES string of the molecule is C=CC(C)(CN)CCOc1ccc(Br)cc1. The summed E-state index contributed by atoms with van der Waals surface area (Å²) in [6.45, 7) is 7.14. The van der Waals surface area contributed by atoms with Crippen LogP contribution in [0.4, 0.5) is 0 Å². The molecule has 0 aliphatic rings. The molecule has 1 aromatic rings. The van der Waals surface area contributed by atoms with Gasteiger partial charge in [0.15, 0.2) is 0 Å². The second-order valence-electron chi connectivity index (χ2n) is 4.11. The van der Waals surface area contributed by atoms with Gasteiger partial charge in [-0.25, -0.2) is 0 Å². The van der Waals surface area contributed by atoms with Gasteiger partial charge in [0.2, 0.25) is 0 Å². The lowest BCUT2D eigenvalue weighted by atomic mass is 9.88. The first kappa shape index (κ1) is 13.3. The molecule has 0 aliphatic heterocycles. The van der Waals surface area contributed by atoms with Gasteiger partial charge in [-0.3, -0.25) is 0 Å². The minimum absolute atomic E-state index is 0.0324. The maximum absolute atomic E-state index is 5.68. The highest BCUT2D eigenvalue weighted by Gasteiger charge is 2.17. The van der Waals surface area contributed by atoms with Crippen molar-refractivity contribution in [2.75, 3.05) is 13.2 Å². The van der Waals surface area contributed by atoms with Crippen LogP contribution < -0.4 is 10.5 Å². The van der Waals surface area contributed by atoms with Gasteiger partial charge in [-0.1, -0.05) is 28.9 Å². The van der Waals surface area contributed by atoms with Gasteiger partial charge in [0.1, 0.15) is 5.75 Å². The quantitative estimate of drug-likeness (QED) is 0.813. The van der Waals surface area contributed by atoms with Gasteiger partial charge in [0.05, 0.1) is 6.61 Å². The Morgan fingerprint density at radius 3 is 2.56 bits per heavy atom. The summed E-state index contributed by atoms with van der Waals surface area (Å²) in [5, 5.41) is 0. The van der Waals surface area contributed by atoms with Gasteiger partial charge in [-0.15, -0.1) is 6.58 Å². The maximum atomic E-state index is 5.68. The summed E-state index contributed by atoms with van der Waals surface area (Å²) in [5.41, 5.74) is 5.65. The smallest absolute Gasteiger partial charge is 0.119 e. The average Bonchev–Trinajstić information content (AvgIpc) is 2.31. The monoisotopic (exact) mass is 283 g/mol. The highest BCUT2D eigenvalue weighted by atomic mass is 79.9. The summed E-state index contributed by atoms with van der Waals surface area (Å²) in [6.07, 6.45) is 2.78. The van der Waals surface area contributed by atoms with Crippen molar-refractivity contribution in [3.05, 3.63) is 41.4 Å². The number of hydrogen-bond donors (Lipinski definition) is 1. The molecule has 1 aromatic carbocycles. The van der Waals surface area contributed by atoms with E-state index in [2.05, 4.69) is 29.4 Å². The number of benzene rings is 1. The van der Waals surface area contributed by atoms with E-state index in [1.54, 1.807) is 0 Å². The molecule has 0 aromatic heterocycles. The maximum Gasteiger partial charge on any atom is 0.119 e. The minimum Gasteiger partial charge on any atom is -0.494 e. The van der Waals surface area contributed by atoms with E-state index in [1.165, 1.54) is 0 Å². The van der Waals surface area contributed by atoms with Gasteiger partial charge >= 0.3 is 0 Å². The Morgan fingerprint density at radius 2 is 2.06 bits per heavy atom. The van der Waals surface area contributed by atoms with Crippen LogP contribution in [0.1, 0.15) is 13.3 Å². The number of hydrogen-bond acceptors (Lipinski definition) is 2. The summed E-state index contributed by atoms with van der Waals surface area (Å²) >= 11 is 3.38. The molecule has 0 spiro atoms. The fraction of sp³-hybridized carbons (Fsp3) is 0.385. The molecule has 1 rings (SSSR count). The van der Waals surface area contributed by atoms with E-state index in [9.17, 15) is 0 Å². The van der Waals surface area contributed by atoms with Crippen LogP contribution in [0.25, 0.3) is 0 Å². The molecule has 1 atom stereocenters. The Morgan fingerprint density at radius 1 is 1.44 bits per heavy atom. The zero-order chi connectivity index (χ0) is 12.0. The van der Waals surface area contributed by atoms with Crippen LogP contribution >= 0.6 is 15.9 Å². The van der Waals surface area contributed by atoms with Crippen molar-refractivity contribution >= 4 is 15.9 Å². The fourth-order valence-electron chi connectivity index (χ4n) is 1.22. The number of halogens is 1.